The number of alkyl halides is 3. The summed E-state index contributed by atoms with van der Waals surface area (Å²) in [4.78, 5) is 15.8. The number of carbonyl (C=O) groups is 1. The first kappa shape index (κ1) is 23.1. The molecule has 3 rings (SSSR count). The second kappa shape index (κ2) is 9.32. The van der Waals surface area contributed by atoms with Crippen molar-refractivity contribution in [1.82, 2.24) is 10.1 Å². The van der Waals surface area contributed by atoms with Crippen LogP contribution in [0.15, 0.2) is 40.9 Å². The summed E-state index contributed by atoms with van der Waals surface area (Å²) in [7, 11) is 0. The highest BCUT2D eigenvalue weighted by molar-refractivity contribution is 7.98. The van der Waals surface area contributed by atoms with Gasteiger partial charge in [0, 0.05) is 10.7 Å². The summed E-state index contributed by atoms with van der Waals surface area (Å²) in [5.41, 5.74) is 3.35. The minimum atomic E-state index is -5.01. The van der Waals surface area contributed by atoms with Crippen LogP contribution in [0.2, 0.25) is 5.02 Å². The number of amides is 1. The fourth-order valence-electron chi connectivity index (χ4n) is 3.08. The standard InChI is InChI=1S/C21H19ClF3N3O2S/c1-11-4-6-15(12(2)8-11)19(31-10-18-26-13(3)28-30-18)16-9-14(22)5-7-17(16)27-20(29)21(23,24)25/h4-9,19H,10H2,1-3H3,(H,27,29). The van der Waals surface area contributed by atoms with Crippen LogP contribution in [0.4, 0.5) is 18.9 Å². The molecule has 10 heteroatoms. The summed E-state index contributed by atoms with van der Waals surface area (Å²) in [6.45, 7) is 5.57. The molecule has 1 N–H and O–H groups in total. The fourth-order valence-corrected chi connectivity index (χ4v) is 4.50. The predicted molar refractivity (Wildman–Crippen MR) is 114 cm³/mol. The van der Waals surface area contributed by atoms with Crippen molar-refractivity contribution in [2.24, 2.45) is 0 Å². The number of aromatic nitrogens is 2. The Balaban J connectivity index is 2.05. The van der Waals surface area contributed by atoms with Crippen LogP contribution in [0.25, 0.3) is 0 Å². The Kier molecular flexibility index (Phi) is 6.96. The van der Waals surface area contributed by atoms with Crippen LogP contribution in [0, 0.1) is 20.8 Å². The van der Waals surface area contributed by atoms with Crippen molar-refractivity contribution in [1.29, 1.82) is 0 Å². The van der Waals surface area contributed by atoms with Gasteiger partial charge in [-0.15, -0.1) is 11.8 Å². The molecule has 3 aromatic rings. The topological polar surface area (TPSA) is 68.0 Å². The van der Waals surface area contributed by atoms with E-state index in [-0.39, 0.29) is 5.69 Å². The van der Waals surface area contributed by atoms with E-state index < -0.39 is 17.3 Å². The molecule has 1 heterocycles. The summed E-state index contributed by atoms with van der Waals surface area (Å²) in [5.74, 6) is -0.856. The Labute approximate surface area is 186 Å². The van der Waals surface area contributed by atoms with Crippen molar-refractivity contribution in [3.63, 3.8) is 0 Å². The highest BCUT2D eigenvalue weighted by atomic mass is 35.5. The van der Waals surface area contributed by atoms with Gasteiger partial charge in [0.1, 0.15) is 0 Å². The SMILES string of the molecule is Cc1ccc(C(SCc2nc(C)no2)c2cc(Cl)ccc2NC(=O)C(F)(F)F)c(C)c1. The first-order valence-electron chi connectivity index (χ1n) is 9.20. The number of halogens is 4. The van der Waals surface area contributed by atoms with Gasteiger partial charge in [-0.2, -0.15) is 18.2 Å². The summed E-state index contributed by atoms with van der Waals surface area (Å²) in [5, 5.41) is 5.63. The fraction of sp³-hybridized carbons (Fsp3) is 0.286. The monoisotopic (exact) mass is 469 g/mol. The van der Waals surface area contributed by atoms with Crippen LogP contribution < -0.4 is 5.32 Å². The lowest BCUT2D eigenvalue weighted by Gasteiger charge is -2.23. The third-order valence-electron chi connectivity index (χ3n) is 4.45. The maximum absolute atomic E-state index is 12.9. The van der Waals surface area contributed by atoms with Gasteiger partial charge in [0.15, 0.2) is 5.82 Å². The van der Waals surface area contributed by atoms with Gasteiger partial charge in [-0.05, 0) is 55.7 Å². The molecule has 1 amide bonds. The Morgan fingerprint density at radius 2 is 1.90 bits per heavy atom. The van der Waals surface area contributed by atoms with Crippen LogP contribution >= 0.6 is 23.4 Å². The van der Waals surface area contributed by atoms with Gasteiger partial charge in [0.2, 0.25) is 5.89 Å². The molecule has 1 aromatic heterocycles. The second-order valence-electron chi connectivity index (χ2n) is 6.97. The minimum Gasteiger partial charge on any atom is -0.338 e. The molecule has 0 aliphatic rings. The number of thioether (sulfide) groups is 1. The molecule has 0 spiro atoms. The minimum absolute atomic E-state index is 0.0332. The maximum Gasteiger partial charge on any atom is 0.471 e. The van der Waals surface area contributed by atoms with Gasteiger partial charge in [0.25, 0.3) is 0 Å². The first-order valence-corrected chi connectivity index (χ1v) is 10.6. The molecule has 2 aromatic carbocycles. The zero-order valence-electron chi connectivity index (χ0n) is 16.9. The van der Waals surface area contributed by atoms with Crippen molar-refractivity contribution >= 4 is 35.0 Å². The second-order valence-corrected chi connectivity index (χ2v) is 8.50. The van der Waals surface area contributed by atoms with Gasteiger partial charge in [-0.3, -0.25) is 4.79 Å². The third-order valence-corrected chi connectivity index (χ3v) is 5.94. The van der Waals surface area contributed by atoms with E-state index in [9.17, 15) is 18.0 Å². The van der Waals surface area contributed by atoms with Gasteiger partial charge < -0.3 is 9.84 Å². The molecule has 0 aliphatic heterocycles. The Morgan fingerprint density at radius 1 is 1.16 bits per heavy atom. The number of rotatable bonds is 6. The molecular weight excluding hydrogens is 451 g/mol. The van der Waals surface area contributed by atoms with Crippen molar-refractivity contribution in [2.45, 2.75) is 38.0 Å². The largest absolute Gasteiger partial charge is 0.471 e. The molecular formula is C21H19ClF3N3O2S. The third kappa shape index (κ3) is 5.80. The van der Waals surface area contributed by atoms with Crippen LogP contribution in [0.3, 0.4) is 0 Å². The number of hydrogen-bond donors (Lipinski definition) is 1. The molecule has 0 radical (unpaired) electrons. The van der Waals surface area contributed by atoms with E-state index in [0.717, 1.165) is 16.7 Å². The number of hydrogen-bond acceptors (Lipinski definition) is 5. The number of nitrogens with zero attached hydrogens (tertiary/aromatic N) is 2. The molecule has 0 saturated heterocycles. The normalized spacial score (nSPS) is 12.6. The number of nitrogens with one attached hydrogen (secondary N) is 1. The van der Waals surface area contributed by atoms with E-state index in [1.165, 1.54) is 23.9 Å². The molecule has 0 aliphatic carbocycles. The van der Waals surface area contributed by atoms with Crippen molar-refractivity contribution < 1.29 is 22.5 Å². The first-order chi connectivity index (χ1) is 14.5. The molecule has 164 valence electrons. The lowest BCUT2D eigenvalue weighted by molar-refractivity contribution is -0.167. The summed E-state index contributed by atoms with van der Waals surface area (Å²) in [6, 6.07) is 10.2. The molecule has 31 heavy (non-hydrogen) atoms. The lowest BCUT2D eigenvalue weighted by atomic mass is 9.97. The maximum atomic E-state index is 12.9. The molecule has 5 nitrogen and oxygen atoms in total. The van der Waals surface area contributed by atoms with E-state index in [2.05, 4.69) is 10.1 Å². The zero-order chi connectivity index (χ0) is 22.8. The van der Waals surface area contributed by atoms with E-state index in [4.69, 9.17) is 16.1 Å². The molecule has 0 fully saturated rings. The lowest BCUT2D eigenvalue weighted by Crippen LogP contribution is -2.30. The Bertz CT molecular complexity index is 1100. The smallest absolute Gasteiger partial charge is 0.338 e. The molecule has 0 saturated carbocycles. The van der Waals surface area contributed by atoms with Crippen molar-refractivity contribution in [2.75, 3.05) is 5.32 Å². The summed E-state index contributed by atoms with van der Waals surface area (Å²) < 4.78 is 43.8. The zero-order valence-corrected chi connectivity index (χ0v) is 18.5. The molecule has 1 unspecified atom stereocenters. The number of anilines is 1. The number of carbonyl (C=O) groups excluding carboxylic acids is 1. The molecule has 1 atom stereocenters. The van der Waals surface area contributed by atoms with E-state index in [0.29, 0.717) is 28.1 Å². The number of aryl methyl sites for hydroxylation is 3. The van der Waals surface area contributed by atoms with E-state index in [1.807, 2.05) is 37.4 Å². The highest BCUT2D eigenvalue weighted by Crippen LogP contribution is 2.43. The van der Waals surface area contributed by atoms with Crippen molar-refractivity contribution in [3.8, 4) is 0 Å². The van der Waals surface area contributed by atoms with Crippen molar-refractivity contribution in [3.05, 3.63) is 75.4 Å². The van der Waals surface area contributed by atoms with Gasteiger partial charge in [0.05, 0.1) is 11.0 Å². The van der Waals surface area contributed by atoms with Gasteiger partial charge >= 0.3 is 12.1 Å². The van der Waals surface area contributed by atoms with E-state index >= 15 is 0 Å². The van der Waals surface area contributed by atoms with Crippen LogP contribution in [-0.2, 0) is 10.5 Å². The molecule has 0 bridgehead atoms. The average molecular weight is 470 g/mol. The Morgan fingerprint density at radius 3 is 2.52 bits per heavy atom. The quantitative estimate of drug-likeness (QED) is 0.467. The van der Waals surface area contributed by atoms with Crippen LogP contribution in [0.5, 0.6) is 0 Å². The van der Waals surface area contributed by atoms with Crippen LogP contribution in [0.1, 0.15) is 39.2 Å². The Hall–Kier alpha value is -2.52. The average Bonchev–Trinajstić information content (AvgIpc) is 3.09. The van der Waals surface area contributed by atoms with Crippen LogP contribution in [-0.4, -0.2) is 22.2 Å². The number of benzene rings is 2. The highest BCUT2D eigenvalue weighted by Gasteiger charge is 2.39. The van der Waals surface area contributed by atoms with Gasteiger partial charge in [-0.25, -0.2) is 0 Å². The van der Waals surface area contributed by atoms with E-state index in [1.54, 1.807) is 13.0 Å². The predicted octanol–water partition coefficient (Wildman–Crippen LogP) is 6.17. The summed E-state index contributed by atoms with van der Waals surface area (Å²) >= 11 is 7.56. The van der Waals surface area contributed by atoms with Gasteiger partial charge in [-0.1, -0.05) is 40.5 Å². The summed E-state index contributed by atoms with van der Waals surface area (Å²) in [6.07, 6.45) is -5.01.